The number of ether oxygens (including phenoxy) is 2. The second-order valence-electron chi connectivity index (χ2n) is 7.04. The van der Waals surface area contributed by atoms with Crippen LogP contribution in [-0.2, 0) is 0 Å². The van der Waals surface area contributed by atoms with E-state index in [9.17, 15) is 9.59 Å². The van der Waals surface area contributed by atoms with Gasteiger partial charge >= 0.3 is 0 Å². The van der Waals surface area contributed by atoms with Crippen LogP contribution in [0.5, 0.6) is 11.5 Å². The molecule has 1 N–H and O–H groups in total. The van der Waals surface area contributed by atoms with Gasteiger partial charge in [-0.05, 0) is 51.1 Å². The average molecular weight is 390 g/mol. The molecule has 0 spiro atoms. The summed E-state index contributed by atoms with van der Waals surface area (Å²) in [6.07, 6.45) is 0. The fraction of sp³-hybridized carbons (Fsp3) is 0.217. The molecule has 29 heavy (non-hydrogen) atoms. The van der Waals surface area contributed by atoms with Crippen molar-refractivity contribution in [3.05, 3.63) is 71.0 Å². The lowest BCUT2D eigenvalue weighted by Gasteiger charge is -2.20. The maximum Gasteiger partial charge on any atom is 0.257 e. The van der Waals surface area contributed by atoms with E-state index in [1.165, 1.54) is 6.92 Å². The first-order valence-electron chi connectivity index (χ1n) is 9.45. The number of carbonyl (C=O) groups is 2. The molecule has 0 saturated heterocycles. The Morgan fingerprint density at radius 1 is 0.966 bits per heavy atom. The van der Waals surface area contributed by atoms with Crippen molar-refractivity contribution in [2.45, 2.75) is 20.8 Å². The van der Waals surface area contributed by atoms with Crippen molar-refractivity contribution in [1.82, 2.24) is 4.57 Å². The van der Waals surface area contributed by atoms with Gasteiger partial charge in [-0.15, -0.1) is 0 Å². The Hall–Kier alpha value is -3.54. The fourth-order valence-corrected chi connectivity index (χ4v) is 3.58. The largest absolute Gasteiger partial charge is 0.486 e. The topological polar surface area (TPSA) is 69.6 Å². The summed E-state index contributed by atoms with van der Waals surface area (Å²) < 4.78 is 13.3. The molecule has 0 fully saturated rings. The van der Waals surface area contributed by atoms with Crippen LogP contribution in [0.15, 0.2) is 48.5 Å². The number of fused-ring (bicyclic) bond motifs is 1. The highest BCUT2D eigenvalue weighted by molar-refractivity contribution is 6.06. The van der Waals surface area contributed by atoms with Gasteiger partial charge in [0.25, 0.3) is 5.91 Å². The molecule has 0 bridgehead atoms. The van der Waals surface area contributed by atoms with E-state index in [1.54, 1.807) is 24.3 Å². The first-order chi connectivity index (χ1) is 13.9. The monoisotopic (exact) mass is 390 g/mol. The number of Topliss-reactive ketones (excluding diaryl/α,β-unsaturated/α-hetero) is 1. The first-order valence-corrected chi connectivity index (χ1v) is 9.45. The van der Waals surface area contributed by atoms with Crippen LogP contribution >= 0.6 is 0 Å². The van der Waals surface area contributed by atoms with Gasteiger partial charge in [0.1, 0.15) is 13.2 Å². The van der Waals surface area contributed by atoms with Crippen LogP contribution in [0.4, 0.5) is 5.69 Å². The first kappa shape index (κ1) is 18.8. The second kappa shape index (κ2) is 7.47. The van der Waals surface area contributed by atoms with Crippen LogP contribution in [-0.4, -0.2) is 29.5 Å². The molecule has 1 amide bonds. The van der Waals surface area contributed by atoms with Gasteiger partial charge in [-0.25, -0.2) is 0 Å². The number of rotatable bonds is 4. The van der Waals surface area contributed by atoms with Crippen molar-refractivity contribution in [2.24, 2.45) is 0 Å². The van der Waals surface area contributed by atoms with Gasteiger partial charge in [0.15, 0.2) is 17.3 Å². The number of benzene rings is 2. The van der Waals surface area contributed by atoms with E-state index >= 15 is 0 Å². The number of amides is 1. The van der Waals surface area contributed by atoms with Gasteiger partial charge in [0, 0.05) is 34.4 Å². The minimum absolute atomic E-state index is 0.0436. The van der Waals surface area contributed by atoms with Gasteiger partial charge in [-0.2, -0.15) is 0 Å². The number of aryl methyl sites for hydroxylation is 1. The number of nitrogens with zero attached hydrogens (tertiary/aromatic N) is 1. The summed E-state index contributed by atoms with van der Waals surface area (Å²) in [5.74, 6) is 1.17. The van der Waals surface area contributed by atoms with E-state index in [2.05, 4.69) is 5.32 Å². The fourth-order valence-electron chi connectivity index (χ4n) is 3.58. The predicted molar refractivity (Wildman–Crippen MR) is 111 cm³/mol. The maximum atomic E-state index is 12.9. The highest BCUT2D eigenvalue weighted by Gasteiger charge is 2.19. The van der Waals surface area contributed by atoms with Crippen molar-refractivity contribution in [2.75, 3.05) is 18.5 Å². The maximum absolute atomic E-state index is 12.9. The molecule has 2 heterocycles. The zero-order valence-electron chi connectivity index (χ0n) is 16.6. The Kier molecular flexibility index (Phi) is 4.84. The van der Waals surface area contributed by atoms with Crippen molar-refractivity contribution in [3.8, 4) is 17.2 Å². The van der Waals surface area contributed by atoms with E-state index < -0.39 is 0 Å². The lowest BCUT2D eigenvalue weighted by molar-refractivity contribution is 0.101. The number of ketones is 1. The standard InChI is InChI=1S/C23H22N2O4/c1-14-11-20(23(27)24-18-6-4-5-17(12-18)16(3)26)15(2)25(14)19-7-8-21-22(13-19)29-10-9-28-21/h4-8,11-13H,9-10H2,1-3H3,(H,24,27). The summed E-state index contributed by atoms with van der Waals surface area (Å²) in [5, 5.41) is 2.89. The van der Waals surface area contributed by atoms with Crippen molar-refractivity contribution >= 4 is 17.4 Å². The summed E-state index contributed by atoms with van der Waals surface area (Å²) in [5.41, 5.74) is 4.38. The van der Waals surface area contributed by atoms with Crippen LogP contribution in [0.25, 0.3) is 5.69 Å². The molecule has 4 rings (SSSR count). The average Bonchev–Trinajstić information content (AvgIpc) is 3.02. The molecule has 0 unspecified atom stereocenters. The summed E-state index contributed by atoms with van der Waals surface area (Å²) >= 11 is 0. The number of aromatic nitrogens is 1. The van der Waals surface area contributed by atoms with Gasteiger partial charge in [0.2, 0.25) is 0 Å². The van der Waals surface area contributed by atoms with Crippen LogP contribution in [0.2, 0.25) is 0 Å². The van der Waals surface area contributed by atoms with E-state index in [0.29, 0.717) is 35.8 Å². The SMILES string of the molecule is CC(=O)c1cccc(NC(=O)c2cc(C)n(-c3ccc4c(c3)OCCO4)c2C)c1. The molecule has 0 aliphatic carbocycles. The molecule has 1 aliphatic heterocycles. The summed E-state index contributed by atoms with van der Waals surface area (Å²) in [6.45, 7) is 6.43. The number of hydrogen-bond acceptors (Lipinski definition) is 4. The van der Waals surface area contributed by atoms with E-state index in [0.717, 1.165) is 22.8 Å². The number of anilines is 1. The summed E-state index contributed by atoms with van der Waals surface area (Å²) in [6, 6.07) is 14.5. The predicted octanol–water partition coefficient (Wildman–Crippen LogP) is 4.32. The summed E-state index contributed by atoms with van der Waals surface area (Å²) in [4.78, 5) is 24.5. The van der Waals surface area contributed by atoms with Crippen molar-refractivity contribution in [3.63, 3.8) is 0 Å². The molecule has 0 radical (unpaired) electrons. The molecule has 1 aromatic heterocycles. The van der Waals surface area contributed by atoms with Crippen LogP contribution in [0, 0.1) is 13.8 Å². The zero-order chi connectivity index (χ0) is 20.5. The molecule has 3 aromatic rings. The minimum atomic E-state index is -0.220. The Morgan fingerprint density at radius 3 is 2.48 bits per heavy atom. The van der Waals surface area contributed by atoms with E-state index in [-0.39, 0.29) is 11.7 Å². The molecule has 6 heteroatoms. The highest BCUT2D eigenvalue weighted by atomic mass is 16.6. The Bertz CT molecular complexity index is 1110. The lowest BCUT2D eigenvalue weighted by atomic mass is 10.1. The van der Waals surface area contributed by atoms with Crippen LogP contribution in [0.1, 0.15) is 39.0 Å². The van der Waals surface area contributed by atoms with Crippen molar-refractivity contribution in [1.29, 1.82) is 0 Å². The van der Waals surface area contributed by atoms with Crippen LogP contribution < -0.4 is 14.8 Å². The third-order valence-electron chi connectivity index (χ3n) is 4.99. The normalized spacial score (nSPS) is 12.5. The van der Waals surface area contributed by atoms with E-state index in [4.69, 9.17) is 9.47 Å². The number of carbonyl (C=O) groups excluding carboxylic acids is 2. The Morgan fingerprint density at radius 2 is 1.72 bits per heavy atom. The zero-order valence-corrected chi connectivity index (χ0v) is 16.6. The molecule has 2 aromatic carbocycles. The van der Waals surface area contributed by atoms with Gasteiger partial charge in [0.05, 0.1) is 5.56 Å². The quantitative estimate of drug-likeness (QED) is 0.674. The highest BCUT2D eigenvalue weighted by Crippen LogP contribution is 2.33. The molecule has 0 atom stereocenters. The molecular weight excluding hydrogens is 368 g/mol. The van der Waals surface area contributed by atoms with E-state index in [1.807, 2.05) is 42.7 Å². The van der Waals surface area contributed by atoms with Gasteiger partial charge in [-0.3, -0.25) is 9.59 Å². The molecule has 6 nitrogen and oxygen atoms in total. The number of nitrogens with one attached hydrogen (secondary N) is 1. The lowest BCUT2D eigenvalue weighted by Crippen LogP contribution is -2.16. The number of hydrogen-bond donors (Lipinski definition) is 1. The van der Waals surface area contributed by atoms with Gasteiger partial charge in [-0.1, -0.05) is 12.1 Å². The Labute approximate surface area is 169 Å². The summed E-state index contributed by atoms with van der Waals surface area (Å²) in [7, 11) is 0. The van der Waals surface area contributed by atoms with Crippen LogP contribution in [0.3, 0.4) is 0 Å². The van der Waals surface area contributed by atoms with Crippen molar-refractivity contribution < 1.29 is 19.1 Å². The molecule has 148 valence electrons. The third-order valence-corrected chi connectivity index (χ3v) is 4.99. The second-order valence-corrected chi connectivity index (χ2v) is 7.04. The van der Waals surface area contributed by atoms with Gasteiger partial charge < -0.3 is 19.4 Å². The Balaban J connectivity index is 1.64. The minimum Gasteiger partial charge on any atom is -0.486 e. The molecule has 0 saturated carbocycles. The molecular formula is C23H22N2O4. The smallest absolute Gasteiger partial charge is 0.257 e. The molecule has 1 aliphatic rings. The third kappa shape index (κ3) is 3.61.